The van der Waals surface area contributed by atoms with Crippen molar-refractivity contribution in [3.63, 3.8) is 0 Å². The maximum absolute atomic E-state index is 13.2. The Balaban J connectivity index is 2.25. The minimum absolute atomic E-state index is 0.0787. The minimum atomic E-state index is -1.36. The van der Waals surface area contributed by atoms with E-state index >= 15 is 0 Å². The van der Waals surface area contributed by atoms with E-state index in [4.69, 9.17) is 5.73 Å². The lowest BCUT2D eigenvalue weighted by Gasteiger charge is -2.12. The number of aromatic amines is 1. The molecule has 2 aromatic rings. The highest BCUT2D eigenvalue weighted by Gasteiger charge is 2.16. The Morgan fingerprint density at radius 2 is 2.04 bits per heavy atom. The first kappa shape index (κ1) is 18.4. The van der Waals surface area contributed by atoms with Crippen LogP contribution in [0.25, 0.3) is 0 Å². The SMILES string of the molecule is C[C@H](Sc1nc(N)c(NC(=O)c2ccc(F)c(F)c2)c(=O)[nH]1)C(=O)[O-]. The van der Waals surface area contributed by atoms with Gasteiger partial charge in [0.15, 0.2) is 22.6 Å². The molecule has 2 rings (SSSR count). The van der Waals surface area contributed by atoms with Gasteiger partial charge in [0.1, 0.15) is 5.69 Å². The van der Waals surface area contributed by atoms with Crippen LogP contribution in [0.15, 0.2) is 28.2 Å². The third kappa shape index (κ3) is 4.32. The summed E-state index contributed by atoms with van der Waals surface area (Å²) in [5, 5.41) is 11.8. The van der Waals surface area contributed by atoms with E-state index in [1.165, 1.54) is 6.92 Å². The van der Waals surface area contributed by atoms with Crippen molar-refractivity contribution in [3.05, 3.63) is 45.8 Å². The van der Waals surface area contributed by atoms with Gasteiger partial charge in [0.2, 0.25) is 0 Å². The monoisotopic (exact) mass is 369 g/mol. The summed E-state index contributed by atoms with van der Waals surface area (Å²) in [5.41, 5.74) is 4.12. The van der Waals surface area contributed by atoms with Gasteiger partial charge in [-0.25, -0.2) is 13.8 Å². The van der Waals surface area contributed by atoms with E-state index in [-0.39, 0.29) is 16.5 Å². The van der Waals surface area contributed by atoms with Gasteiger partial charge >= 0.3 is 0 Å². The first-order valence-electron chi connectivity index (χ1n) is 6.72. The van der Waals surface area contributed by atoms with Crippen LogP contribution in [0, 0.1) is 11.6 Å². The summed E-state index contributed by atoms with van der Waals surface area (Å²) in [6.45, 7) is 1.33. The highest BCUT2D eigenvalue weighted by molar-refractivity contribution is 8.00. The molecule has 0 aliphatic carbocycles. The van der Waals surface area contributed by atoms with E-state index in [0.29, 0.717) is 17.8 Å². The maximum Gasteiger partial charge on any atom is 0.277 e. The summed E-state index contributed by atoms with van der Waals surface area (Å²) in [6.07, 6.45) is 0. The highest BCUT2D eigenvalue weighted by Crippen LogP contribution is 2.21. The molecule has 1 amide bonds. The molecule has 1 heterocycles. The molecule has 0 radical (unpaired) electrons. The summed E-state index contributed by atoms with van der Waals surface area (Å²) >= 11 is 0.695. The van der Waals surface area contributed by atoms with Gasteiger partial charge in [-0.1, -0.05) is 11.8 Å². The molecule has 11 heteroatoms. The molecule has 1 aromatic heterocycles. The summed E-state index contributed by atoms with van der Waals surface area (Å²) in [4.78, 5) is 40.7. The average molecular weight is 369 g/mol. The zero-order valence-electron chi connectivity index (χ0n) is 12.6. The van der Waals surface area contributed by atoms with Crippen LogP contribution in [0.4, 0.5) is 20.3 Å². The Morgan fingerprint density at radius 1 is 1.36 bits per heavy atom. The molecule has 0 bridgehead atoms. The van der Waals surface area contributed by atoms with Crippen LogP contribution in [-0.2, 0) is 4.79 Å². The number of nitrogens with zero attached hydrogens (tertiary/aromatic N) is 1. The predicted molar refractivity (Wildman–Crippen MR) is 83.9 cm³/mol. The Kier molecular flexibility index (Phi) is 5.37. The van der Waals surface area contributed by atoms with Gasteiger partial charge in [-0.15, -0.1) is 0 Å². The van der Waals surface area contributed by atoms with Crippen molar-refractivity contribution >= 4 is 35.1 Å². The first-order valence-corrected chi connectivity index (χ1v) is 7.60. The Bertz CT molecular complexity index is 903. The Hall–Kier alpha value is -2.95. The van der Waals surface area contributed by atoms with Gasteiger partial charge < -0.3 is 21.0 Å². The number of amides is 1. The normalized spacial score (nSPS) is 11.8. The molecule has 0 fully saturated rings. The minimum Gasteiger partial charge on any atom is -0.549 e. The molecular formula is C14H11F2N4O4S-. The van der Waals surface area contributed by atoms with Crippen molar-refractivity contribution in [2.24, 2.45) is 0 Å². The molecule has 25 heavy (non-hydrogen) atoms. The number of anilines is 2. The largest absolute Gasteiger partial charge is 0.549 e. The molecule has 4 N–H and O–H groups in total. The fraction of sp³-hybridized carbons (Fsp3) is 0.143. The second-order valence-corrected chi connectivity index (χ2v) is 6.12. The van der Waals surface area contributed by atoms with Crippen LogP contribution in [0.1, 0.15) is 17.3 Å². The van der Waals surface area contributed by atoms with Crippen molar-refractivity contribution < 1.29 is 23.5 Å². The third-order valence-electron chi connectivity index (χ3n) is 2.97. The van der Waals surface area contributed by atoms with Crippen molar-refractivity contribution in [1.29, 1.82) is 0 Å². The number of aromatic nitrogens is 2. The van der Waals surface area contributed by atoms with E-state index < -0.39 is 40.0 Å². The number of hydrogen-bond donors (Lipinski definition) is 3. The molecule has 0 unspecified atom stereocenters. The van der Waals surface area contributed by atoms with E-state index in [2.05, 4.69) is 15.3 Å². The number of benzene rings is 1. The van der Waals surface area contributed by atoms with E-state index in [0.717, 1.165) is 12.1 Å². The number of nitrogens with one attached hydrogen (secondary N) is 2. The van der Waals surface area contributed by atoms with Crippen LogP contribution in [0.3, 0.4) is 0 Å². The zero-order chi connectivity index (χ0) is 18.7. The van der Waals surface area contributed by atoms with Gasteiger partial charge in [-0.3, -0.25) is 14.6 Å². The number of carboxylic acid groups (broad SMARTS) is 1. The molecular weight excluding hydrogens is 358 g/mol. The number of carbonyl (C=O) groups is 2. The summed E-state index contributed by atoms with van der Waals surface area (Å²) in [6, 6.07) is 2.45. The number of hydrogen-bond acceptors (Lipinski definition) is 7. The topological polar surface area (TPSA) is 141 Å². The molecule has 0 saturated heterocycles. The van der Waals surface area contributed by atoms with Gasteiger partial charge in [0.25, 0.3) is 11.5 Å². The number of thioether (sulfide) groups is 1. The van der Waals surface area contributed by atoms with Crippen LogP contribution in [0.2, 0.25) is 0 Å². The first-order chi connectivity index (χ1) is 11.7. The number of carboxylic acids is 1. The molecule has 1 atom stereocenters. The number of halogens is 2. The number of carbonyl (C=O) groups excluding carboxylic acids is 2. The second kappa shape index (κ2) is 7.30. The van der Waals surface area contributed by atoms with Crippen LogP contribution in [0.5, 0.6) is 0 Å². The molecule has 0 spiro atoms. The van der Waals surface area contributed by atoms with Gasteiger partial charge in [0, 0.05) is 10.8 Å². The summed E-state index contributed by atoms with van der Waals surface area (Å²) < 4.78 is 26.0. The zero-order valence-corrected chi connectivity index (χ0v) is 13.4. The molecule has 0 aliphatic heterocycles. The molecule has 8 nitrogen and oxygen atoms in total. The number of aliphatic carboxylic acids is 1. The lowest BCUT2D eigenvalue weighted by atomic mass is 10.2. The molecule has 132 valence electrons. The van der Waals surface area contributed by atoms with Gasteiger partial charge in [-0.05, 0) is 25.1 Å². The lowest BCUT2D eigenvalue weighted by molar-refractivity contribution is -0.304. The van der Waals surface area contributed by atoms with E-state index in [9.17, 15) is 28.3 Å². The maximum atomic E-state index is 13.2. The average Bonchev–Trinajstić information content (AvgIpc) is 2.53. The lowest BCUT2D eigenvalue weighted by Crippen LogP contribution is -2.31. The highest BCUT2D eigenvalue weighted by atomic mass is 32.2. The van der Waals surface area contributed by atoms with Gasteiger partial charge in [0.05, 0.1) is 5.97 Å². The standard InChI is InChI=1S/C14H12F2N4O4S/c1-5(13(23)24)25-14-19-10(17)9(12(22)20-14)18-11(21)6-2-3-7(15)8(16)4-6/h2-5H,1H3,(H,18,21)(H,23,24)(H3,17,19,20,22)/p-1/t5-/m0/s1. The third-order valence-corrected chi connectivity index (χ3v) is 3.93. The van der Waals surface area contributed by atoms with Crippen LogP contribution < -0.4 is 21.7 Å². The smallest absolute Gasteiger partial charge is 0.277 e. The number of nitrogens with two attached hydrogens (primary N) is 1. The van der Waals surface area contributed by atoms with Crippen molar-refractivity contribution in [1.82, 2.24) is 9.97 Å². The molecule has 1 aromatic carbocycles. The van der Waals surface area contributed by atoms with Crippen LogP contribution in [-0.4, -0.2) is 27.1 Å². The number of rotatable bonds is 5. The molecule has 0 aliphatic rings. The summed E-state index contributed by atoms with van der Waals surface area (Å²) in [5.74, 6) is -4.98. The van der Waals surface area contributed by atoms with Crippen molar-refractivity contribution in [2.75, 3.05) is 11.1 Å². The van der Waals surface area contributed by atoms with Crippen LogP contribution >= 0.6 is 11.8 Å². The van der Waals surface area contributed by atoms with Gasteiger partial charge in [-0.2, -0.15) is 0 Å². The second-order valence-electron chi connectivity index (χ2n) is 4.79. The van der Waals surface area contributed by atoms with E-state index in [1.807, 2.05) is 0 Å². The Morgan fingerprint density at radius 3 is 2.60 bits per heavy atom. The summed E-state index contributed by atoms with van der Waals surface area (Å²) in [7, 11) is 0. The van der Waals surface area contributed by atoms with E-state index in [1.54, 1.807) is 0 Å². The molecule has 0 saturated carbocycles. The van der Waals surface area contributed by atoms with Crippen molar-refractivity contribution in [2.45, 2.75) is 17.3 Å². The van der Waals surface area contributed by atoms with Crippen molar-refractivity contribution in [3.8, 4) is 0 Å². The fourth-order valence-electron chi connectivity index (χ4n) is 1.68. The fourth-order valence-corrected chi connectivity index (χ4v) is 2.42. The Labute approximate surface area is 143 Å². The quantitative estimate of drug-likeness (QED) is 0.502. The number of H-pyrrole nitrogens is 1. The number of nitrogen functional groups attached to an aromatic ring is 1. The predicted octanol–water partition coefficient (Wildman–Crippen LogP) is 0.113.